The molecule has 136 valence electrons. The van der Waals surface area contributed by atoms with Gasteiger partial charge in [0.25, 0.3) is 5.56 Å². The minimum atomic E-state index is -4.69. The van der Waals surface area contributed by atoms with Gasteiger partial charge in [-0.3, -0.25) is 18.9 Å². The minimum Gasteiger partial charge on any atom is -0.374 e. The number of phosphoric acid groups is 1. The third-order valence-corrected chi connectivity index (χ3v) is 3.93. The maximum atomic E-state index is 12.0. The second kappa shape index (κ2) is 7.70. The molecular weight excluding hydrogens is 347 g/mol. The molecule has 0 amide bonds. The summed E-state index contributed by atoms with van der Waals surface area (Å²) in [5.41, 5.74) is -1.27. The third kappa shape index (κ3) is 4.39. The lowest BCUT2D eigenvalue weighted by molar-refractivity contribution is -0.0620. The van der Waals surface area contributed by atoms with Crippen LogP contribution in [-0.2, 0) is 23.3 Å². The summed E-state index contributed by atoms with van der Waals surface area (Å²) in [6.07, 6.45) is -2.07. The molecule has 0 aliphatic carbocycles. The zero-order chi connectivity index (χ0) is 17.9. The Morgan fingerprint density at radius 2 is 2.08 bits per heavy atom. The van der Waals surface area contributed by atoms with Gasteiger partial charge >= 0.3 is 13.5 Å². The van der Waals surface area contributed by atoms with Gasteiger partial charge in [-0.15, -0.1) is 0 Å². The quantitative estimate of drug-likeness (QED) is 0.514. The molecule has 12 heteroatoms. The number of rotatable bonds is 7. The Hall–Kier alpha value is -1.33. The molecule has 2 rings (SSSR count). The number of methoxy groups -OCH3 is 1. The Balaban J connectivity index is 2.29. The summed E-state index contributed by atoms with van der Waals surface area (Å²) >= 11 is 0. The molecule has 2 unspecified atom stereocenters. The van der Waals surface area contributed by atoms with Gasteiger partial charge in [0.15, 0.2) is 6.23 Å². The SMILES string of the molecule is CCOC1C(OC)[C@H](n2ccc(=O)[nH]c2=O)O[C@@H]1COP(=O)(O)O. The van der Waals surface area contributed by atoms with E-state index in [1.807, 2.05) is 0 Å². The summed E-state index contributed by atoms with van der Waals surface area (Å²) in [5, 5.41) is 0. The lowest BCUT2D eigenvalue weighted by Crippen LogP contribution is -2.40. The predicted octanol–water partition coefficient (Wildman–Crippen LogP) is -1.04. The molecule has 1 saturated heterocycles. The van der Waals surface area contributed by atoms with E-state index in [0.29, 0.717) is 0 Å². The number of phosphoric ester groups is 1. The number of ether oxygens (including phenoxy) is 3. The fraction of sp³-hybridized carbons (Fsp3) is 0.667. The summed E-state index contributed by atoms with van der Waals surface area (Å²) in [6, 6.07) is 1.15. The molecule has 4 atom stereocenters. The zero-order valence-electron chi connectivity index (χ0n) is 13.0. The van der Waals surface area contributed by atoms with Gasteiger partial charge < -0.3 is 24.0 Å². The zero-order valence-corrected chi connectivity index (χ0v) is 13.9. The van der Waals surface area contributed by atoms with Crippen LogP contribution in [-0.4, -0.2) is 58.0 Å². The maximum Gasteiger partial charge on any atom is 0.469 e. The van der Waals surface area contributed by atoms with E-state index in [2.05, 4.69) is 9.51 Å². The van der Waals surface area contributed by atoms with Crippen LogP contribution in [0.5, 0.6) is 0 Å². The molecule has 1 aromatic rings. The van der Waals surface area contributed by atoms with Crippen LogP contribution in [0.25, 0.3) is 0 Å². The highest BCUT2D eigenvalue weighted by molar-refractivity contribution is 7.46. The third-order valence-electron chi connectivity index (χ3n) is 3.45. The smallest absolute Gasteiger partial charge is 0.374 e. The first kappa shape index (κ1) is 19.0. The van der Waals surface area contributed by atoms with Gasteiger partial charge in [-0.1, -0.05) is 0 Å². The van der Waals surface area contributed by atoms with E-state index in [1.54, 1.807) is 6.92 Å². The minimum absolute atomic E-state index is 0.285. The van der Waals surface area contributed by atoms with Gasteiger partial charge in [0.2, 0.25) is 0 Å². The van der Waals surface area contributed by atoms with Crippen LogP contribution in [0.4, 0.5) is 0 Å². The average Bonchev–Trinajstić information content (AvgIpc) is 2.82. The van der Waals surface area contributed by atoms with Crippen LogP contribution in [0, 0.1) is 0 Å². The Kier molecular flexibility index (Phi) is 6.10. The van der Waals surface area contributed by atoms with E-state index in [-0.39, 0.29) is 6.61 Å². The fourth-order valence-corrected chi connectivity index (χ4v) is 2.85. The molecule has 11 nitrogen and oxygen atoms in total. The molecule has 1 aliphatic rings. The number of nitrogens with one attached hydrogen (secondary N) is 1. The molecular formula is C12H19N2O9P. The lowest BCUT2D eigenvalue weighted by atomic mass is 10.1. The van der Waals surface area contributed by atoms with Crippen molar-refractivity contribution < 1.29 is 33.1 Å². The van der Waals surface area contributed by atoms with E-state index < -0.39 is 50.2 Å². The molecule has 0 spiro atoms. The van der Waals surface area contributed by atoms with Crippen LogP contribution in [0.2, 0.25) is 0 Å². The second-order valence-corrected chi connectivity index (χ2v) is 6.23. The highest BCUT2D eigenvalue weighted by atomic mass is 31.2. The van der Waals surface area contributed by atoms with Crippen molar-refractivity contribution in [3.8, 4) is 0 Å². The van der Waals surface area contributed by atoms with Gasteiger partial charge in [-0.05, 0) is 6.92 Å². The summed E-state index contributed by atoms with van der Waals surface area (Å²) in [4.78, 5) is 42.9. The molecule has 24 heavy (non-hydrogen) atoms. The molecule has 0 bridgehead atoms. The Morgan fingerprint density at radius 1 is 1.38 bits per heavy atom. The van der Waals surface area contributed by atoms with Crippen molar-refractivity contribution in [3.63, 3.8) is 0 Å². The van der Waals surface area contributed by atoms with Crippen LogP contribution >= 0.6 is 7.82 Å². The van der Waals surface area contributed by atoms with Crippen molar-refractivity contribution in [2.24, 2.45) is 0 Å². The number of aromatic amines is 1. The van der Waals surface area contributed by atoms with E-state index in [9.17, 15) is 14.2 Å². The Morgan fingerprint density at radius 3 is 2.62 bits per heavy atom. The summed E-state index contributed by atoms with van der Waals surface area (Å²) in [7, 11) is -3.31. The van der Waals surface area contributed by atoms with Crippen molar-refractivity contribution in [1.82, 2.24) is 9.55 Å². The highest BCUT2D eigenvalue weighted by Gasteiger charge is 2.47. The van der Waals surface area contributed by atoms with Crippen molar-refractivity contribution >= 4 is 7.82 Å². The predicted molar refractivity (Wildman–Crippen MR) is 79.4 cm³/mol. The second-order valence-electron chi connectivity index (χ2n) is 4.99. The van der Waals surface area contributed by atoms with E-state index in [0.717, 1.165) is 10.6 Å². The number of aromatic nitrogens is 2. The summed E-state index contributed by atoms with van der Waals surface area (Å²) in [5.74, 6) is 0. The first-order valence-corrected chi connectivity index (χ1v) is 8.61. The summed E-state index contributed by atoms with van der Waals surface area (Å²) < 4.78 is 33.0. The van der Waals surface area contributed by atoms with Crippen molar-refractivity contribution in [1.29, 1.82) is 0 Å². The summed E-state index contributed by atoms with van der Waals surface area (Å²) in [6.45, 7) is 1.56. The van der Waals surface area contributed by atoms with Crippen LogP contribution in [0.3, 0.4) is 0 Å². The largest absolute Gasteiger partial charge is 0.469 e. The van der Waals surface area contributed by atoms with Gasteiger partial charge in [0.05, 0.1) is 6.61 Å². The normalized spacial score (nSPS) is 27.5. The monoisotopic (exact) mass is 366 g/mol. The molecule has 3 N–H and O–H groups in total. The van der Waals surface area contributed by atoms with Gasteiger partial charge in [-0.25, -0.2) is 9.36 Å². The lowest BCUT2D eigenvalue weighted by Gasteiger charge is -2.23. The van der Waals surface area contributed by atoms with E-state index >= 15 is 0 Å². The van der Waals surface area contributed by atoms with E-state index in [1.165, 1.54) is 13.3 Å². The number of hydrogen-bond donors (Lipinski definition) is 3. The van der Waals surface area contributed by atoms with Crippen molar-refractivity contribution in [3.05, 3.63) is 33.1 Å². The fourth-order valence-electron chi connectivity index (χ4n) is 2.51. The van der Waals surface area contributed by atoms with Crippen LogP contribution in [0.1, 0.15) is 13.2 Å². The Labute approximate surface area is 136 Å². The van der Waals surface area contributed by atoms with Crippen molar-refractivity contribution in [2.45, 2.75) is 31.5 Å². The van der Waals surface area contributed by atoms with Gasteiger partial charge in [0.1, 0.15) is 18.3 Å². The molecule has 2 heterocycles. The van der Waals surface area contributed by atoms with Crippen LogP contribution < -0.4 is 11.2 Å². The van der Waals surface area contributed by atoms with Crippen molar-refractivity contribution in [2.75, 3.05) is 20.3 Å². The molecule has 1 fully saturated rings. The highest BCUT2D eigenvalue weighted by Crippen LogP contribution is 2.39. The number of nitrogens with zero attached hydrogens (tertiary/aromatic N) is 1. The topological polar surface area (TPSA) is 149 Å². The Bertz CT molecular complexity index is 711. The first-order chi connectivity index (χ1) is 11.3. The molecule has 1 aromatic heterocycles. The molecule has 0 saturated carbocycles. The maximum absolute atomic E-state index is 12.0. The van der Waals surface area contributed by atoms with Gasteiger partial charge in [0, 0.05) is 26.0 Å². The average molecular weight is 366 g/mol. The van der Waals surface area contributed by atoms with Gasteiger partial charge in [-0.2, -0.15) is 0 Å². The van der Waals surface area contributed by atoms with Crippen LogP contribution in [0.15, 0.2) is 21.9 Å². The number of H-pyrrole nitrogens is 1. The molecule has 0 radical (unpaired) electrons. The standard InChI is InChI=1S/C12H19N2O9P/c1-3-21-9-7(6-22-24(17,18)19)23-11(10(9)20-2)14-5-4-8(15)13-12(14)16/h4-5,7,9-11H,3,6H2,1-2H3,(H,13,15,16)(H2,17,18,19)/t7-,9?,10?,11-/m1/s1. The molecule has 1 aliphatic heterocycles. The van der Waals surface area contributed by atoms with E-state index in [4.69, 9.17) is 24.0 Å². The number of hydrogen-bond acceptors (Lipinski definition) is 7. The first-order valence-electron chi connectivity index (χ1n) is 7.08. The molecule has 0 aromatic carbocycles.